The number of rotatable bonds is 4. The van der Waals surface area contributed by atoms with Crippen LogP contribution in [-0.4, -0.2) is 17.0 Å². The van der Waals surface area contributed by atoms with E-state index in [2.05, 4.69) is 46.0 Å². The van der Waals surface area contributed by atoms with Gasteiger partial charge in [-0.05, 0) is 36.8 Å². The molecule has 2 unspecified atom stereocenters. The number of thioether (sulfide) groups is 1. The number of hydrogen-bond donors (Lipinski definition) is 2. The molecular weight excluding hydrogens is 296 g/mol. The van der Waals surface area contributed by atoms with Crippen LogP contribution in [0.15, 0.2) is 22.7 Å². The molecule has 0 aliphatic heterocycles. The Morgan fingerprint density at radius 2 is 2.29 bits per heavy atom. The molecule has 3 N–H and O–H groups in total. The van der Waals surface area contributed by atoms with Crippen molar-refractivity contribution in [2.24, 2.45) is 0 Å². The van der Waals surface area contributed by atoms with Crippen molar-refractivity contribution in [2.45, 2.75) is 37.5 Å². The molecule has 1 aromatic rings. The molecular formula is C13H19BrN2S. The summed E-state index contributed by atoms with van der Waals surface area (Å²) >= 11 is 5.55. The van der Waals surface area contributed by atoms with E-state index in [-0.39, 0.29) is 0 Å². The first-order chi connectivity index (χ1) is 8.20. The standard InChI is InChI=1S/C13H19BrN2S/c1-2-17-13-5-3-4-11(13)16-12-8-9(14)6-7-10(12)15/h6-8,11,13,16H,2-5,15H2,1H3. The zero-order valence-electron chi connectivity index (χ0n) is 10.1. The number of nitrogens with two attached hydrogens (primary N) is 1. The second kappa shape index (κ2) is 6.01. The molecule has 17 heavy (non-hydrogen) atoms. The third kappa shape index (κ3) is 3.32. The number of halogens is 1. The molecule has 0 bridgehead atoms. The molecule has 2 atom stereocenters. The fourth-order valence-corrected chi connectivity index (χ4v) is 3.92. The summed E-state index contributed by atoms with van der Waals surface area (Å²) in [6.07, 6.45) is 3.90. The fourth-order valence-electron chi connectivity index (χ4n) is 2.36. The van der Waals surface area contributed by atoms with Crippen LogP contribution in [0.1, 0.15) is 26.2 Å². The average molecular weight is 315 g/mol. The zero-order valence-corrected chi connectivity index (χ0v) is 12.5. The van der Waals surface area contributed by atoms with Crippen molar-refractivity contribution in [1.82, 2.24) is 0 Å². The second-order valence-electron chi connectivity index (χ2n) is 4.41. The third-order valence-corrected chi connectivity index (χ3v) is 5.01. The summed E-state index contributed by atoms with van der Waals surface area (Å²) in [7, 11) is 0. The van der Waals surface area contributed by atoms with Crippen molar-refractivity contribution in [3.05, 3.63) is 22.7 Å². The summed E-state index contributed by atoms with van der Waals surface area (Å²) in [5, 5.41) is 4.34. The molecule has 1 aromatic carbocycles. The highest BCUT2D eigenvalue weighted by molar-refractivity contribution is 9.10. The molecule has 4 heteroatoms. The zero-order chi connectivity index (χ0) is 12.3. The van der Waals surface area contributed by atoms with Crippen molar-refractivity contribution < 1.29 is 0 Å². The van der Waals surface area contributed by atoms with Gasteiger partial charge in [-0.25, -0.2) is 0 Å². The number of anilines is 2. The molecule has 0 heterocycles. The minimum atomic E-state index is 0.566. The van der Waals surface area contributed by atoms with Gasteiger partial charge in [-0.15, -0.1) is 0 Å². The summed E-state index contributed by atoms with van der Waals surface area (Å²) in [4.78, 5) is 0. The molecule has 0 amide bonds. The highest BCUT2D eigenvalue weighted by Gasteiger charge is 2.27. The Morgan fingerprint density at radius 3 is 3.06 bits per heavy atom. The monoisotopic (exact) mass is 314 g/mol. The highest BCUT2D eigenvalue weighted by Crippen LogP contribution is 2.34. The average Bonchev–Trinajstić information content (AvgIpc) is 2.72. The van der Waals surface area contributed by atoms with E-state index in [4.69, 9.17) is 5.73 Å². The van der Waals surface area contributed by atoms with Gasteiger partial charge < -0.3 is 11.1 Å². The van der Waals surface area contributed by atoms with Crippen LogP contribution in [0.25, 0.3) is 0 Å². The molecule has 0 aromatic heterocycles. The maximum absolute atomic E-state index is 6.00. The Balaban J connectivity index is 2.06. The molecule has 2 nitrogen and oxygen atoms in total. The lowest BCUT2D eigenvalue weighted by Crippen LogP contribution is -2.26. The van der Waals surface area contributed by atoms with Gasteiger partial charge in [0.15, 0.2) is 0 Å². The molecule has 2 rings (SSSR count). The van der Waals surface area contributed by atoms with E-state index in [1.807, 2.05) is 12.1 Å². The number of nitrogen functional groups attached to an aromatic ring is 1. The Morgan fingerprint density at radius 1 is 1.47 bits per heavy atom. The first-order valence-electron chi connectivity index (χ1n) is 6.14. The summed E-state index contributed by atoms with van der Waals surface area (Å²) in [5.74, 6) is 1.19. The van der Waals surface area contributed by atoms with E-state index in [1.165, 1.54) is 25.0 Å². The van der Waals surface area contributed by atoms with E-state index in [0.717, 1.165) is 21.1 Å². The Bertz CT molecular complexity index is 384. The molecule has 1 saturated carbocycles. The van der Waals surface area contributed by atoms with Gasteiger partial charge in [-0.1, -0.05) is 29.3 Å². The van der Waals surface area contributed by atoms with Crippen LogP contribution in [0.5, 0.6) is 0 Å². The molecule has 1 aliphatic carbocycles. The molecule has 94 valence electrons. The lowest BCUT2D eigenvalue weighted by molar-refractivity contribution is 0.768. The molecule has 0 radical (unpaired) electrons. The molecule has 0 saturated heterocycles. The van der Waals surface area contributed by atoms with Gasteiger partial charge in [-0.2, -0.15) is 11.8 Å². The van der Waals surface area contributed by atoms with E-state index in [9.17, 15) is 0 Å². The van der Waals surface area contributed by atoms with Gasteiger partial charge in [0, 0.05) is 15.8 Å². The van der Waals surface area contributed by atoms with E-state index in [0.29, 0.717) is 6.04 Å². The molecule has 1 aliphatic rings. The van der Waals surface area contributed by atoms with Gasteiger partial charge in [0.2, 0.25) is 0 Å². The van der Waals surface area contributed by atoms with E-state index in [1.54, 1.807) is 0 Å². The van der Waals surface area contributed by atoms with Crippen molar-refractivity contribution in [3.8, 4) is 0 Å². The predicted molar refractivity (Wildman–Crippen MR) is 81.7 cm³/mol. The van der Waals surface area contributed by atoms with Crippen LogP contribution in [-0.2, 0) is 0 Å². The number of hydrogen-bond acceptors (Lipinski definition) is 3. The van der Waals surface area contributed by atoms with Gasteiger partial charge in [0.05, 0.1) is 11.4 Å². The summed E-state index contributed by atoms with van der Waals surface area (Å²) in [5.41, 5.74) is 7.89. The minimum Gasteiger partial charge on any atom is -0.397 e. The van der Waals surface area contributed by atoms with Crippen LogP contribution < -0.4 is 11.1 Å². The van der Waals surface area contributed by atoms with Gasteiger partial charge in [0.1, 0.15) is 0 Å². The van der Waals surface area contributed by atoms with Crippen molar-refractivity contribution >= 4 is 39.1 Å². The van der Waals surface area contributed by atoms with Crippen molar-refractivity contribution in [3.63, 3.8) is 0 Å². The lowest BCUT2D eigenvalue weighted by atomic mass is 10.2. The molecule has 1 fully saturated rings. The predicted octanol–water partition coefficient (Wildman–Crippen LogP) is 4.12. The summed E-state index contributed by atoms with van der Waals surface area (Å²) < 4.78 is 1.08. The first-order valence-corrected chi connectivity index (χ1v) is 7.98. The fraction of sp³-hybridized carbons (Fsp3) is 0.538. The van der Waals surface area contributed by atoms with Gasteiger partial charge >= 0.3 is 0 Å². The normalized spacial score (nSPS) is 23.9. The number of nitrogens with one attached hydrogen (secondary N) is 1. The first kappa shape index (κ1) is 13.1. The summed E-state index contributed by atoms with van der Waals surface area (Å²) in [6.45, 7) is 2.23. The second-order valence-corrected chi connectivity index (χ2v) is 6.84. The van der Waals surface area contributed by atoms with Crippen LogP contribution in [0, 0.1) is 0 Å². The molecule has 0 spiro atoms. The minimum absolute atomic E-state index is 0.566. The van der Waals surface area contributed by atoms with Crippen LogP contribution in [0.4, 0.5) is 11.4 Å². The van der Waals surface area contributed by atoms with Gasteiger partial charge in [0.25, 0.3) is 0 Å². The Kier molecular flexibility index (Phi) is 4.62. The quantitative estimate of drug-likeness (QED) is 0.821. The largest absolute Gasteiger partial charge is 0.397 e. The Labute approximate surface area is 116 Å². The topological polar surface area (TPSA) is 38.0 Å². The van der Waals surface area contributed by atoms with Crippen LogP contribution in [0.2, 0.25) is 0 Å². The maximum Gasteiger partial charge on any atom is 0.0587 e. The smallest absolute Gasteiger partial charge is 0.0587 e. The van der Waals surface area contributed by atoms with Crippen molar-refractivity contribution in [1.29, 1.82) is 0 Å². The number of benzene rings is 1. The lowest BCUT2D eigenvalue weighted by Gasteiger charge is -2.22. The van der Waals surface area contributed by atoms with Gasteiger partial charge in [-0.3, -0.25) is 0 Å². The van der Waals surface area contributed by atoms with E-state index < -0.39 is 0 Å². The van der Waals surface area contributed by atoms with E-state index >= 15 is 0 Å². The highest BCUT2D eigenvalue weighted by atomic mass is 79.9. The maximum atomic E-state index is 6.00. The SMILES string of the molecule is CCSC1CCCC1Nc1cc(Br)ccc1N. The van der Waals surface area contributed by atoms with Crippen LogP contribution in [0.3, 0.4) is 0 Å². The van der Waals surface area contributed by atoms with Crippen LogP contribution >= 0.6 is 27.7 Å². The Hall–Kier alpha value is -0.350. The third-order valence-electron chi connectivity index (χ3n) is 3.19. The van der Waals surface area contributed by atoms with Crippen molar-refractivity contribution in [2.75, 3.05) is 16.8 Å². The summed E-state index contributed by atoms with van der Waals surface area (Å²) in [6, 6.07) is 6.56.